The Morgan fingerprint density at radius 1 is 1.00 bits per heavy atom. The van der Waals surface area contributed by atoms with Gasteiger partial charge in [0.25, 0.3) is 0 Å². The molecular weight excluding hydrogens is 256 g/mol. The standard InChI is InChI=1S/C16H12O4/c1-19-16-11-7-8-13(10-5-3-2-4-6-10)20-14(11)9-12(17)15(16)18/h2-9H,1H3,(H-,17,18)/p+1. The lowest BCUT2D eigenvalue weighted by Gasteiger charge is -2.05. The molecule has 0 saturated carbocycles. The molecule has 3 rings (SSSR count). The van der Waals surface area contributed by atoms with Crippen molar-refractivity contribution in [3.05, 3.63) is 48.5 Å². The molecule has 0 atom stereocenters. The summed E-state index contributed by atoms with van der Waals surface area (Å²) in [5, 5.41) is 20.1. The summed E-state index contributed by atoms with van der Waals surface area (Å²) in [6.07, 6.45) is 0. The molecule has 3 aromatic rings. The highest BCUT2D eigenvalue weighted by atomic mass is 16.5. The lowest BCUT2D eigenvalue weighted by molar-refractivity contribution is 0.354. The van der Waals surface area contributed by atoms with Gasteiger partial charge in [-0.3, -0.25) is 0 Å². The molecule has 2 N–H and O–H groups in total. The predicted molar refractivity (Wildman–Crippen MR) is 75.9 cm³/mol. The monoisotopic (exact) mass is 269 g/mol. The molecule has 0 fully saturated rings. The predicted octanol–water partition coefficient (Wildman–Crippen LogP) is 3.80. The Morgan fingerprint density at radius 2 is 1.75 bits per heavy atom. The molecular formula is C16H13O4+. The van der Waals surface area contributed by atoms with Crippen molar-refractivity contribution in [1.29, 1.82) is 0 Å². The number of fused-ring (bicyclic) bond motifs is 1. The molecule has 0 bridgehead atoms. The van der Waals surface area contributed by atoms with Crippen LogP contribution in [-0.4, -0.2) is 17.3 Å². The summed E-state index contributed by atoms with van der Waals surface area (Å²) in [4.78, 5) is 0. The quantitative estimate of drug-likeness (QED) is 0.548. The van der Waals surface area contributed by atoms with Gasteiger partial charge in [0.15, 0.2) is 11.5 Å². The van der Waals surface area contributed by atoms with Crippen LogP contribution in [0.1, 0.15) is 0 Å². The van der Waals surface area contributed by atoms with Crippen LogP contribution in [0.5, 0.6) is 17.2 Å². The van der Waals surface area contributed by atoms with E-state index in [4.69, 9.17) is 9.15 Å². The number of ether oxygens (including phenoxy) is 1. The van der Waals surface area contributed by atoms with Gasteiger partial charge < -0.3 is 14.9 Å². The highest BCUT2D eigenvalue weighted by molar-refractivity contribution is 5.89. The zero-order valence-corrected chi connectivity index (χ0v) is 10.8. The summed E-state index contributed by atoms with van der Waals surface area (Å²) < 4.78 is 10.9. The van der Waals surface area contributed by atoms with Gasteiger partial charge in [0, 0.05) is 6.07 Å². The van der Waals surface area contributed by atoms with Gasteiger partial charge in [-0.15, -0.1) is 0 Å². The van der Waals surface area contributed by atoms with E-state index in [0.717, 1.165) is 5.56 Å². The maximum Gasteiger partial charge on any atom is 0.368 e. The lowest BCUT2D eigenvalue weighted by atomic mass is 10.1. The van der Waals surface area contributed by atoms with Crippen LogP contribution in [0.25, 0.3) is 22.3 Å². The molecule has 20 heavy (non-hydrogen) atoms. The van der Waals surface area contributed by atoms with Crippen LogP contribution in [-0.2, 0) is 0 Å². The number of benzene rings is 2. The van der Waals surface area contributed by atoms with Crippen LogP contribution in [0.3, 0.4) is 0 Å². The number of aromatic hydroxyl groups is 2. The van der Waals surface area contributed by atoms with Crippen molar-refractivity contribution in [2.75, 3.05) is 7.11 Å². The molecule has 0 aliphatic carbocycles. The summed E-state index contributed by atoms with van der Waals surface area (Å²) in [6.45, 7) is 0. The van der Waals surface area contributed by atoms with Crippen LogP contribution in [0, 0.1) is 0 Å². The Hall–Kier alpha value is -2.75. The van der Waals surface area contributed by atoms with Crippen molar-refractivity contribution >= 4 is 11.0 Å². The maximum absolute atomic E-state index is 9.77. The third kappa shape index (κ3) is 1.91. The summed E-state index contributed by atoms with van der Waals surface area (Å²) >= 11 is 0. The molecule has 2 aromatic carbocycles. The SMILES string of the molecule is COc1c(O)c(O)cc2[o+]c(-c3ccccc3)ccc12. The minimum atomic E-state index is -0.289. The van der Waals surface area contributed by atoms with Crippen LogP contribution in [0.15, 0.2) is 52.9 Å². The second-order valence-electron chi connectivity index (χ2n) is 4.36. The smallest absolute Gasteiger partial charge is 0.368 e. The van der Waals surface area contributed by atoms with E-state index in [1.165, 1.54) is 13.2 Å². The first-order valence-electron chi connectivity index (χ1n) is 6.12. The van der Waals surface area contributed by atoms with Crippen LogP contribution >= 0.6 is 0 Å². The van der Waals surface area contributed by atoms with E-state index >= 15 is 0 Å². The van der Waals surface area contributed by atoms with Crippen LogP contribution in [0.2, 0.25) is 0 Å². The van der Waals surface area contributed by atoms with E-state index in [2.05, 4.69) is 0 Å². The average molecular weight is 269 g/mol. The van der Waals surface area contributed by atoms with Gasteiger partial charge in [0.2, 0.25) is 5.75 Å². The van der Waals surface area contributed by atoms with Crippen LogP contribution in [0.4, 0.5) is 0 Å². The number of hydrogen-bond acceptors (Lipinski definition) is 3. The Balaban J connectivity index is 2.25. The van der Waals surface area contributed by atoms with E-state index in [1.807, 2.05) is 30.3 Å². The Morgan fingerprint density at radius 3 is 2.45 bits per heavy atom. The van der Waals surface area contributed by atoms with E-state index in [9.17, 15) is 10.2 Å². The minimum absolute atomic E-state index is 0.198. The van der Waals surface area contributed by atoms with Crippen molar-refractivity contribution in [1.82, 2.24) is 0 Å². The van der Waals surface area contributed by atoms with Crippen molar-refractivity contribution < 1.29 is 19.4 Å². The van der Waals surface area contributed by atoms with E-state index < -0.39 is 0 Å². The molecule has 0 unspecified atom stereocenters. The summed E-state index contributed by atoms with van der Waals surface area (Å²) in [6, 6.07) is 14.6. The molecule has 0 amide bonds. The highest BCUT2D eigenvalue weighted by Gasteiger charge is 2.22. The molecule has 0 spiro atoms. The van der Waals surface area contributed by atoms with Gasteiger partial charge >= 0.3 is 11.3 Å². The summed E-state index contributed by atoms with van der Waals surface area (Å²) in [5.41, 5.74) is 1.37. The number of phenolic OH excluding ortho intramolecular Hbond substituents is 2. The Kier molecular flexibility index (Phi) is 2.91. The minimum Gasteiger partial charge on any atom is -0.504 e. The number of rotatable bonds is 2. The Bertz CT molecular complexity index is 766. The molecule has 0 aliphatic rings. The molecule has 1 heterocycles. The molecule has 0 saturated heterocycles. The lowest BCUT2D eigenvalue weighted by Crippen LogP contribution is -1.87. The zero-order valence-electron chi connectivity index (χ0n) is 10.8. The number of phenols is 2. The van der Waals surface area contributed by atoms with Gasteiger partial charge in [-0.1, -0.05) is 18.2 Å². The molecule has 1 aromatic heterocycles. The van der Waals surface area contributed by atoms with E-state index in [1.54, 1.807) is 12.1 Å². The van der Waals surface area contributed by atoms with Crippen molar-refractivity contribution in [2.45, 2.75) is 0 Å². The van der Waals surface area contributed by atoms with E-state index in [0.29, 0.717) is 16.7 Å². The van der Waals surface area contributed by atoms with Gasteiger partial charge in [-0.05, 0) is 18.2 Å². The maximum atomic E-state index is 9.77. The third-order valence-corrected chi connectivity index (χ3v) is 3.12. The first-order valence-corrected chi connectivity index (χ1v) is 6.12. The fourth-order valence-electron chi connectivity index (χ4n) is 2.14. The van der Waals surface area contributed by atoms with Crippen LogP contribution < -0.4 is 4.74 Å². The van der Waals surface area contributed by atoms with Gasteiger partial charge in [0.05, 0.1) is 18.7 Å². The Labute approximate surface area is 115 Å². The van der Waals surface area contributed by atoms with Gasteiger partial charge in [-0.2, -0.15) is 0 Å². The summed E-state index contributed by atoms with van der Waals surface area (Å²) in [5.74, 6) is 0.305. The topological polar surface area (TPSA) is 61.0 Å². The number of hydrogen-bond donors (Lipinski definition) is 2. The normalized spacial score (nSPS) is 10.7. The average Bonchev–Trinajstić information content (AvgIpc) is 2.49. The third-order valence-electron chi connectivity index (χ3n) is 3.12. The van der Waals surface area contributed by atoms with Gasteiger partial charge in [-0.25, -0.2) is 4.42 Å². The first kappa shape index (κ1) is 12.3. The fraction of sp³-hybridized carbons (Fsp3) is 0.0625. The second kappa shape index (κ2) is 4.74. The molecule has 4 heteroatoms. The van der Waals surface area contributed by atoms with Crippen molar-refractivity contribution in [3.63, 3.8) is 0 Å². The largest absolute Gasteiger partial charge is 0.504 e. The molecule has 4 nitrogen and oxygen atoms in total. The second-order valence-corrected chi connectivity index (χ2v) is 4.36. The molecule has 0 aliphatic heterocycles. The van der Waals surface area contributed by atoms with Crippen molar-refractivity contribution in [2.24, 2.45) is 0 Å². The highest BCUT2D eigenvalue weighted by Crippen LogP contribution is 2.42. The zero-order chi connectivity index (χ0) is 14.1. The van der Waals surface area contributed by atoms with Crippen molar-refractivity contribution in [3.8, 4) is 28.6 Å². The first-order chi connectivity index (χ1) is 9.70. The van der Waals surface area contributed by atoms with E-state index in [-0.39, 0.29) is 17.2 Å². The fourth-order valence-corrected chi connectivity index (χ4v) is 2.14. The summed E-state index contributed by atoms with van der Waals surface area (Å²) in [7, 11) is 1.43. The number of methoxy groups -OCH3 is 1. The molecule has 0 radical (unpaired) electrons. The van der Waals surface area contributed by atoms with Gasteiger partial charge in [0.1, 0.15) is 5.39 Å². The molecule has 100 valence electrons.